The number of hydrogen-bond acceptors (Lipinski definition) is 5. The topological polar surface area (TPSA) is 94.7 Å². The van der Waals surface area contributed by atoms with E-state index in [0.29, 0.717) is 19.5 Å². The lowest BCUT2D eigenvalue weighted by Gasteiger charge is -2.17. The number of nitrogens with zero attached hydrogens (tertiary/aromatic N) is 5. The Balaban J connectivity index is 1.63. The second kappa shape index (κ2) is 8.19. The van der Waals surface area contributed by atoms with Gasteiger partial charge < -0.3 is 9.88 Å². The van der Waals surface area contributed by atoms with E-state index < -0.39 is 6.04 Å². The molecule has 2 heterocycles. The van der Waals surface area contributed by atoms with Crippen LogP contribution < -0.4 is 10.9 Å². The number of aromatic nitrogens is 5. The summed E-state index contributed by atoms with van der Waals surface area (Å²) in [5.74, 6) is -0.194. The van der Waals surface area contributed by atoms with Crippen LogP contribution in [-0.4, -0.2) is 37.2 Å². The number of nitrogens with one attached hydrogen (secondary N) is 1. The molecule has 0 saturated carbocycles. The quantitative estimate of drug-likeness (QED) is 0.639. The third-order valence-electron chi connectivity index (χ3n) is 4.12. The van der Waals surface area contributed by atoms with E-state index >= 15 is 0 Å². The van der Waals surface area contributed by atoms with Crippen molar-refractivity contribution in [3.8, 4) is 0 Å². The average molecular weight is 352 g/mol. The normalized spacial score (nSPS) is 11.9. The first kappa shape index (κ1) is 17.5. The molecule has 0 spiro atoms. The molecule has 0 radical (unpaired) electrons. The zero-order chi connectivity index (χ0) is 18.4. The van der Waals surface area contributed by atoms with Gasteiger partial charge in [0.2, 0.25) is 5.91 Å². The van der Waals surface area contributed by atoms with Gasteiger partial charge in [0, 0.05) is 24.8 Å². The van der Waals surface area contributed by atoms with E-state index in [1.54, 1.807) is 10.6 Å². The maximum atomic E-state index is 12.7. The van der Waals surface area contributed by atoms with Gasteiger partial charge in [-0.05, 0) is 35.4 Å². The van der Waals surface area contributed by atoms with Gasteiger partial charge in [-0.2, -0.15) is 0 Å². The zero-order valence-corrected chi connectivity index (χ0v) is 14.4. The largest absolute Gasteiger partial charge is 0.354 e. The number of amides is 1. The van der Waals surface area contributed by atoms with Crippen molar-refractivity contribution in [2.45, 2.75) is 25.9 Å². The molecule has 0 saturated heterocycles. The van der Waals surface area contributed by atoms with Gasteiger partial charge >= 0.3 is 0 Å². The molecule has 1 aromatic carbocycles. The first-order valence-corrected chi connectivity index (χ1v) is 8.38. The highest BCUT2D eigenvalue weighted by Crippen LogP contribution is 2.16. The Hall–Kier alpha value is -3.29. The number of aryl methyl sites for hydroxylation is 1. The van der Waals surface area contributed by atoms with Crippen LogP contribution in [0.25, 0.3) is 0 Å². The fourth-order valence-electron chi connectivity index (χ4n) is 2.80. The Kier molecular flexibility index (Phi) is 5.52. The summed E-state index contributed by atoms with van der Waals surface area (Å²) >= 11 is 0. The monoisotopic (exact) mass is 352 g/mol. The van der Waals surface area contributed by atoms with Gasteiger partial charge in [-0.25, -0.2) is 4.68 Å². The molecule has 0 bridgehead atoms. The highest BCUT2D eigenvalue weighted by molar-refractivity contribution is 5.83. The summed E-state index contributed by atoms with van der Waals surface area (Å²) in [7, 11) is 0. The molecule has 8 nitrogen and oxygen atoms in total. The van der Waals surface area contributed by atoms with E-state index in [4.69, 9.17) is 0 Å². The summed E-state index contributed by atoms with van der Waals surface area (Å²) in [5.41, 5.74) is 1.67. The maximum absolute atomic E-state index is 12.7. The minimum Gasteiger partial charge on any atom is -0.354 e. The first-order valence-electron chi connectivity index (χ1n) is 8.38. The maximum Gasteiger partial charge on any atom is 0.250 e. The van der Waals surface area contributed by atoms with Crippen LogP contribution in [0.5, 0.6) is 0 Å². The van der Waals surface area contributed by atoms with Crippen molar-refractivity contribution in [3.63, 3.8) is 0 Å². The van der Waals surface area contributed by atoms with E-state index in [2.05, 4.69) is 20.8 Å². The summed E-state index contributed by atoms with van der Waals surface area (Å²) in [6.07, 6.45) is 2.07. The molecule has 134 valence electrons. The van der Waals surface area contributed by atoms with Crippen LogP contribution in [0.15, 0.2) is 59.7 Å². The average Bonchev–Trinajstić information content (AvgIpc) is 3.16. The highest BCUT2D eigenvalue weighted by atomic mass is 16.2. The van der Waals surface area contributed by atoms with Crippen molar-refractivity contribution in [1.82, 2.24) is 30.1 Å². The van der Waals surface area contributed by atoms with Gasteiger partial charge in [-0.15, -0.1) is 5.10 Å². The predicted molar refractivity (Wildman–Crippen MR) is 95.5 cm³/mol. The van der Waals surface area contributed by atoms with E-state index in [1.165, 1.54) is 17.1 Å². The Morgan fingerprint density at radius 3 is 2.65 bits per heavy atom. The van der Waals surface area contributed by atoms with E-state index in [0.717, 1.165) is 11.3 Å². The Morgan fingerprint density at radius 1 is 1.15 bits per heavy atom. The smallest absolute Gasteiger partial charge is 0.250 e. The van der Waals surface area contributed by atoms with Gasteiger partial charge in [0.25, 0.3) is 5.56 Å². The molecule has 1 N–H and O–H groups in total. The second-order valence-electron chi connectivity index (χ2n) is 5.90. The summed E-state index contributed by atoms with van der Waals surface area (Å²) < 4.78 is 3.12. The number of rotatable bonds is 7. The summed E-state index contributed by atoms with van der Waals surface area (Å²) in [6, 6.07) is 13.9. The van der Waals surface area contributed by atoms with Gasteiger partial charge in [0.15, 0.2) is 6.04 Å². The molecule has 0 aliphatic carbocycles. The van der Waals surface area contributed by atoms with Crippen LogP contribution in [0.1, 0.15) is 23.7 Å². The third kappa shape index (κ3) is 4.02. The van der Waals surface area contributed by atoms with Crippen molar-refractivity contribution in [1.29, 1.82) is 0 Å². The van der Waals surface area contributed by atoms with Crippen LogP contribution in [0.4, 0.5) is 0 Å². The third-order valence-corrected chi connectivity index (χ3v) is 4.12. The first-order chi connectivity index (χ1) is 12.7. The molecule has 8 heteroatoms. The van der Waals surface area contributed by atoms with Crippen molar-refractivity contribution in [2.24, 2.45) is 0 Å². The number of tetrazole rings is 1. The predicted octanol–water partition coefficient (Wildman–Crippen LogP) is 0.939. The number of carbonyl (C=O) groups is 1. The van der Waals surface area contributed by atoms with Crippen molar-refractivity contribution < 1.29 is 4.79 Å². The number of hydrogen-bond donors (Lipinski definition) is 1. The number of carbonyl (C=O) groups excluding carboxylic acids is 1. The molecule has 3 rings (SSSR count). The van der Waals surface area contributed by atoms with Crippen LogP contribution in [0, 0.1) is 6.92 Å². The number of pyridine rings is 1. The van der Waals surface area contributed by atoms with E-state index in [1.807, 2.05) is 43.3 Å². The van der Waals surface area contributed by atoms with Crippen LogP contribution in [0.2, 0.25) is 0 Å². The Morgan fingerprint density at radius 2 is 1.96 bits per heavy atom. The van der Waals surface area contributed by atoms with Crippen molar-refractivity contribution in [3.05, 3.63) is 76.5 Å². The van der Waals surface area contributed by atoms with Gasteiger partial charge in [0.1, 0.15) is 6.33 Å². The van der Waals surface area contributed by atoms with Gasteiger partial charge in [0.05, 0.1) is 0 Å². The summed E-state index contributed by atoms with van der Waals surface area (Å²) in [6.45, 7) is 2.89. The summed E-state index contributed by atoms with van der Waals surface area (Å²) in [4.78, 5) is 24.6. The highest BCUT2D eigenvalue weighted by Gasteiger charge is 2.23. The molecule has 1 atom stereocenters. The molecular weight excluding hydrogens is 332 g/mol. The molecule has 1 amide bonds. The lowest BCUT2D eigenvalue weighted by atomic mass is 10.1. The van der Waals surface area contributed by atoms with Crippen LogP contribution in [0.3, 0.4) is 0 Å². The fourth-order valence-corrected chi connectivity index (χ4v) is 2.80. The molecular formula is C18H20N6O2. The molecule has 26 heavy (non-hydrogen) atoms. The van der Waals surface area contributed by atoms with Gasteiger partial charge in [-0.3, -0.25) is 9.59 Å². The molecule has 2 aromatic heterocycles. The van der Waals surface area contributed by atoms with E-state index in [9.17, 15) is 9.59 Å². The van der Waals surface area contributed by atoms with Crippen molar-refractivity contribution in [2.75, 3.05) is 6.54 Å². The van der Waals surface area contributed by atoms with Crippen LogP contribution >= 0.6 is 0 Å². The fraction of sp³-hybridized carbons (Fsp3) is 0.278. The summed E-state index contributed by atoms with van der Waals surface area (Å²) in [5, 5.41) is 14.0. The Labute approximate surface area is 150 Å². The molecule has 0 aliphatic heterocycles. The molecule has 0 aliphatic rings. The minimum atomic E-state index is -0.632. The lowest BCUT2D eigenvalue weighted by Crippen LogP contribution is -2.35. The van der Waals surface area contributed by atoms with Gasteiger partial charge in [-0.1, -0.05) is 36.4 Å². The minimum absolute atomic E-state index is 0.0350. The molecule has 0 fully saturated rings. The molecule has 3 aromatic rings. The Bertz CT molecular complexity index is 905. The molecule has 1 unspecified atom stereocenters. The van der Waals surface area contributed by atoms with E-state index in [-0.39, 0.29) is 11.5 Å². The number of benzene rings is 1. The second-order valence-corrected chi connectivity index (χ2v) is 5.90. The SMILES string of the molecule is Cc1cccc(=O)n1CCCNC(=O)C(c1ccccc1)n1cnnn1. The lowest BCUT2D eigenvalue weighted by molar-refractivity contribution is -0.123. The van der Waals surface area contributed by atoms with Crippen LogP contribution in [-0.2, 0) is 11.3 Å². The van der Waals surface area contributed by atoms with Crippen molar-refractivity contribution >= 4 is 5.91 Å². The zero-order valence-electron chi connectivity index (χ0n) is 14.4. The standard InChI is InChI=1S/C18H20N6O2/c1-14-7-5-10-16(25)23(14)12-6-11-19-18(26)17(24-13-20-21-22-24)15-8-3-2-4-9-15/h2-5,7-10,13,17H,6,11-12H2,1H3,(H,19,26).